The van der Waals surface area contributed by atoms with Crippen LogP contribution < -0.4 is 10.1 Å². The van der Waals surface area contributed by atoms with Crippen LogP contribution in [-0.4, -0.2) is 24.1 Å². The van der Waals surface area contributed by atoms with Crippen molar-refractivity contribution < 1.29 is 13.5 Å². The van der Waals surface area contributed by atoms with Gasteiger partial charge in [0.25, 0.3) is 6.43 Å². The van der Waals surface area contributed by atoms with Crippen molar-refractivity contribution in [1.29, 1.82) is 0 Å². The van der Waals surface area contributed by atoms with E-state index in [1.165, 1.54) is 12.8 Å². The van der Waals surface area contributed by atoms with Crippen LogP contribution in [0.2, 0.25) is 0 Å². The Balaban J connectivity index is 1.86. The molecule has 1 aliphatic rings. The molecule has 1 N–H and O–H groups in total. The first-order valence-electron chi connectivity index (χ1n) is 6.75. The summed E-state index contributed by atoms with van der Waals surface area (Å²) < 4.78 is 29.8. The number of hydrogen-bond acceptors (Lipinski definition) is 3. The molecule has 106 valence electrons. The number of alkyl halides is 2. The van der Waals surface area contributed by atoms with Crippen LogP contribution in [-0.2, 0) is 6.54 Å². The van der Waals surface area contributed by atoms with Crippen LogP contribution in [0, 0.1) is 0 Å². The van der Waals surface area contributed by atoms with E-state index in [1.54, 1.807) is 0 Å². The quantitative estimate of drug-likeness (QED) is 0.881. The second-order valence-corrected chi connectivity index (χ2v) is 5.00. The molecule has 0 atom stereocenters. The van der Waals surface area contributed by atoms with Crippen molar-refractivity contribution in [3.8, 4) is 5.88 Å². The smallest absolute Gasteiger partial charge is 0.272 e. The van der Waals surface area contributed by atoms with Gasteiger partial charge in [0.1, 0.15) is 0 Å². The SMILES string of the molecule is FC(F)COc1nc(CNC2CC2)cc2ccccc12. The van der Waals surface area contributed by atoms with Gasteiger partial charge < -0.3 is 10.1 Å². The Labute approximate surface area is 116 Å². The number of nitrogens with one attached hydrogen (secondary N) is 1. The van der Waals surface area contributed by atoms with Crippen molar-refractivity contribution in [1.82, 2.24) is 10.3 Å². The van der Waals surface area contributed by atoms with E-state index in [0.717, 1.165) is 16.5 Å². The van der Waals surface area contributed by atoms with Gasteiger partial charge in [-0.15, -0.1) is 0 Å². The molecule has 3 rings (SSSR count). The first-order chi connectivity index (χ1) is 9.72. The van der Waals surface area contributed by atoms with Crippen LogP contribution in [0.15, 0.2) is 30.3 Å². The molecular weight excluding hydrogens is 262 g/mol. The summed E-state index contributed by atoms with van der Waals surface area (Å²) in [5.74, 6) is 0.288. The highest BCUT2D eigenvalue weighted by Gasteiger charge is 2.20. The molecule has 0 radical (unpaired) electrons. The number of hydrogen-bond donors (Lipinski definition) is 1. The molecule has 20 heavy (non-hydrogen) atoms. The van der Waals surface area contributed by atoms with E-state index in [1.807, 2.05) is 30.3 Å². The molecule has 1 fully saturated rings. The summed E-state index contributed by atoms with van der Waals surface area (Å²) in [4.78, 5) is 4.35. The highest BCUT2D eigenvalue weighted by atomic mass is 19.3. The van der Waals surface area contributed by atoms with Crippen molar-refractivity contribution in [3.05, 3.63) is 36.0 Å². The molecule has 0 bridgehead atoms. The van der Waals surface area contributed by atoms with E-state index in [-0.39, 0.29) is 5.88 Å². The molecule has 0 spiro atoms. The fourth-order valence-corrected chi connectivity index (χ4v) is 2.10. The molecule has 0 aliphatic heterocycles. The molecule has 1 heterocycles. The largest absolute Gasteiger partial charge is 0.471 e. The molecule has 0 amide bonds. The number of rotatable bonds is 6. The average Bonchev–Trinajstić information content (AvgIpc) is 3.26. The van der Waals surface area contributed by atoms with E-state index in [9.17, 15) is 8.78 Å². The Hall–Kier alpha value is -1.75. The lowest BCUT2D eigenvalue weighted by Gasteiger charge is -2.11. The van der Waals surface area contributed by atoms with Gasteiger partial charge in [-0.2, -0.15) is 0 Å². The number of fused-ring (bicyclic) bond motifs is 1. The molecule has 1 aliphatic carbocycles. The van der Waals surface area contributed by atoms with Gasteiger partial charge in [-0.1, -0.05) is 18.2 Å². The number of ether oxygens (including phenoxy) is 1. The van der Waals surface area contributed by atoms with Crippen LogP contribution >= 0.6 is 0 Å². The summed E-state index contributed by atoms with van der Waals surface area (Å²) in [5.41, 5.74) is 0.819. The second kappa shape index (κ2) is 5.71. The Kier molecular flexibility index (Phi) is 3.78. The van der Waals surface area contributed by atoms with Gasteiger partial charge in [0.15, 0.2) is 6.61 Å². The third-order valence-corrected chi connectivity index (χ3v) is 3.25. The van der Waals surface area contributed by atoms with Crippen molar-refractivity contribution in [2.24, 2.45) is 0 Å². The van der Waals surface area contributed by atoms with Crippen molar-refractivity contribution >= 4 is 10.8 Å². The van der Waals surface area contributed by atoms with E-state index >= 15 is 0 Å². The number of pyridine rings is 1. The van der Waals surface area contributed by atoms with Crippen LogP contribution in [0.1, 0.15) is 18.5 Å². The predicted molar refractivity (Wildman–Crippen MR) is 73.1 cm³/mol. The topological polar surface area (TPSA) is 34.1 Å². The van der Waals surface area contributed by atoms with Gasteiger partial charge in [0.2, 0.25) is 5.88 Å². The van der Waals surface area contributed by atoms with Gasteiger partial charge in [0.05, 0.1) is 5.69 Å². The third-order valence-electron chi connectivity index (χ3n) is 3.25. The Bertz CT molecular complexity index is 599. The van der Waals surface area contributed by atoms with Gasteiger partial charge in [-0.05, 0) is 30.4 Å². The maximum atomic E-state index is 12.3. The molecule has 0 saturated heterocycles. The standard InChI is InChI=1S/C15H16F2N2O/c16-14(17)9-20-15-13-4-2-1-3-10(13)7-12(19-15)8-18-11-5-6-11/h1-4,7,11,14,18H,5-6,8-9H2. The minimum Gasteiger partial charge on any atom is -0.471 e. The number of nitrogens with zero attached hydrogens (tertiary/aromatic N) is 1. The van der Waals surface area contributed by atoms with E-state index < -0.39 is 13.0 Å². The first-order valence-corrected chi connectivity index (χ1v) is 6.75. The van der Waals surface area contributed by atoms with Crippen LogP contribution in [0.5, 0.6) is 5.88 Å². The lowest BCUT2D eigenvalue weighted by Crippen LogP contribution is -2.17. The Morgan fingerprint density at radius 2 is 2.10 bits per heavy atom. The normalized spacial score (nSPS) is 14.9. The summed E-state index contributed by atoms with van der Waals surface area (Å²) in [6, 6.07) is 10.1. The van der Waals surface area contributed by atoms with Gasteiger partial charge in [-0.25, -0.2) is 13.8 Å². The molecule has 2 aromatic rings. The van der Waals surface area contributed by atoms with Crippen molar-refractivity contribution in [2.75, 3.05) is 6.61 Å². The molecule has 5 heteroatoms. The fraction of sp³-hybridized carbons (Fsp3) is 0.400. The minimum absolute atomic E-state index is 0.288. The highest BCUT2D eigenvalue weighted by molar-refractivity contribution is 5.87. The molecular formula is C15H16F2N2O. The predicted octanol–water partition coefficient (Wildman–Crippen LogP) is 3.13. The summed E-state index contributed by atoms with van der Waals surface area (Å²) in [6.07, 6.45) is -0.103. The lowest BCUT2D eigenvalue weighted by molar-refractivity contribution is 0.0803. The molecule has 3 nitrogen and oxygen atoms in total. The van der Waals surface area contributed by atoms with Crippen molar-refractivity contribution in [2.45, 2.75) is 31.9 Å². The maximum Gasteiger partial charge on any atom is 0.272 e. The molecule has 0 unspecified atom stereocenters. The minimum atomic E-state index is -2.50. The van der Waals surface area contributed by atoms with Crippen LogP contribution in [0.4, 0.5) is 8.78 Å². The Morgan fingerprint density at radius 3 is 2.85 bits per heavy atom. The summed E-state index contributed by atoms with van der Waals surface area (Å²) >= 11 is 0. The fourth-order valence-electron chi connectivity index (χ4n) is 2.10. The van der Waals surface area contributed by atoms with E-state index in [4.69, 9.17) is 4.74 Å². The van der Waals surface area contributed by atoms with Crippen molar-refractivity contribution in [3.63, 3.8) is 0 Å². The zero-order valence-electron chi connectivity index (χ0n) is 11.0. The Morgan fingerprint density at radius 1 is 1.30 bits per heavy atom. The zero-order valence-corrected chi connectivity index (χ0v) is 11.0. The zero-order chi connectivity index (χ0) is 13.9. The highest BCUT2D eigenvalue weighted by Crippen LogP contribution is 2.25. The first kappa shape index (κ1) is 13.2. The summed E-state index contributed by atoms with van der Waals surface area (Å²) in [5, 5.41) is 5.09. The maximum absolute atomic E-state index is 12.3. The molecule has 1 saturated carbocycles. The molecule has 1 aromatic carbocycles. The summed E-state index contributed by atoms with van der Waals surface area (Å²) in [6.45, 7) is 0.0110. The number of benzene rings is 1. The van der Waals surface area contributed by atoms with E-state index in [2.05, 4.69) is 10.3 Å². The number of halogens is 2. The average molecular weight is 278 g/mol. The van der Waals surface area contributed by atoms with Gasteiger partial charge >= 0.3 is 0 Å². The monoisotopic (exact) mass is 278 g/mol. The molecule has 1 aromatic heterocycles. The van der Waals surface area contributed by atoms with Gasteiger partial charge in [-0.3, -0.25) is 0 Å². The second-order valence-electron chi connectivity index (χ2n) is 5.00. The van der Waals surface area contributed by atoms with Gasteiger partial charge in [0, 0.05) is 18.0 Å². The third kappa shape index (κ3) is 3.22. The van der Waals surface area contributed by atoms with E-state index in [0.29, 0.717) is 12.6 Å². The number of aromatic nitrogens is 1. The van der Waals surface area contributed by atoms with Crippen LogP contribution in [0.3, 0.4) is 0 Å². The summed E-state index contributed by atoms with van der Waals surface area (Å²) in [7, 11) is 0. The van der Waals surface area contributed by atoms with Crippen LogP contribution in [0.25, 0.3) is 10.8 Å². The lowest BCUT2D eigenvalue weighted by atomic mass is 10.1.